The third-order valence-electron chi connectivity index (χ3n) is 4.01. The van der Waals surface area contributed by atoms with Crippen LogP contribution in [0.25, 0.3) is 0 Å². The Labute approximate surface area is 129 Å². The summed E-state index contributed by atoms with van der Waals surface area (Å²) in [5.41, 5.74) is 0.344. The van der Waals surface area contributed by atoms with Crippen LogP contribution in [0.15, 0.2) is 91.0 Å². The molecule has 0 aromatic heterocycles. The summed E-state index contributed by atoms with van der Waals surface area (Å²) in [4.78, 5) is 0. The zero-order valence-electron chi connectivity index (χ0n) is 12.0. The van der Waals surface area contributed by atoms with Crippen LogP contribution in [-0.4, -0.2) is 6.43 Å². The van der Waals surface area contributed by atoms with E-state index in [9.17, 15) is 8.78 Å². The zero-order valence-corrected chi connectivity index (χ0v) is 12.0. The molecule has 0 amide bonds. The molecule has 22 heavy (non-hydrogen) atoms. The van der Waals surface area contributed by atoms with E-state index in [1.54, 1.807) is 72.8 Å². The van der Waals surface area contributed by atoms with E-state index < -0.39 is 11.8 Å². The molecule has 0 bridgehead atoms. The molecule has 0 unspecified atom stereocenters. The van der Waals surface area contributed by atoms with Crippen molar-refractivity contribution in [2.45, 2.75) is 11.8 Å². The Morgan fingerprint density at radius 3 is 1.00 bits per heavy atom. The van der Waals surface area contributed by atoms with E-state index in [1.165, 1.54) is 0 Å². The van der Waals surface area contributed by atoms with E-state index in [0.717, 1.165) is 0 Å². The van der Waals surface area contributed by atoms with Crippen molar-refractivity contribution in [3.05, 3.63) is 108 Å². The van der Waals surface area contributed by atoms with E-state index in [4.69, 9.17) is 0 Å². The Morgan fingerprint density at radius 2 is 0.773 bits per heavy atom. The first-order valence-corrected chi connectivity index (χ1v) is 7.21. The van der Waals surface area contributed by atoms with Gasteiger partial charge in [-0.2, -0.15) is 0 Å². The molecule has 0 fully saturated rings. The summed E-state index contributed by atoms with van der Waals surface area (Å²) < 4.78 is 28.8. The number of rotatable bonds is 4. The highest BCUT2D eigenvalue weighted by molar-refractivity contribution is 5.51. The topological polar surface area (TPSA) is 0 Å². The smallest absolute Gasteiger partial charge is 0.209 e. The molecule has 0 radical (unpaired) electrons. The lowest BCUT2D eigenvalue weighted by Crippen LogP contribution is -2.37. The Morgan fingerprint density at radius 1 is 0.500 bits per heavy atom. The molecule has 0 aliphatic rings. The first-order chi connectivity index (χ1) is 10.8. The van der Waals surface area contributed by atoms with Crippen molar-refractivity contribution < 1.29 is 8.78 Å². The SMILES string of the molecule is FC(F)C(c1ccccc1)(c1ccccc1)c1ccccc1. The van der Waals surface area contributed by atoms with Crippen molar-refractivity contribution in [2.75, 3.05) is 0 Å². The molecular formula is C20H16F2. The molecule has 3 rings (SSSR count). The van der Waals surface area contributed by atoms with Crippen molar-refractivity contribution in [2.24, 2.45) is 0 Å². The molecule has 3 aromatic carbocycles. The molecule has 110 valence electrons. The summed E-state index contributed by atoms with van der Waals surface area (Å²) in [7, 11) is 0. The monoisotopic (exact) mass is 294 g/mol. The van der Waals surface area contributed by atoms with E-state index in [0.29, 0.717) is 16.7 Å². The van der Waals surface area contributed by atoms with Gasteiger partial charge in [0.15, 0.2) is 0 Å². The van der Waals surface area contributed by atoms with Gasteiger partial charge in [0.25, 0.3) is 6.43 Å². The molecule has 0 nitrogen and oxygen atoms in total. The maximum absolute atomic E-state index is 14.4. The minimum Gasteiger partial charge on any atom is -0.209 e. The van der Waals surface area contributed by atoms with Crippen LogP contribution in [0.3, 0.4) is 0 Å². The van der Waals surface area contributed by atoms with Gasteiger partial charge in [0.1, 0.15) is 5.41 Å². The Bertz CT molecular complexity index is 610. The molecule has 2 heteroatoms. The summed E-state index contributed by atoms with van der Waals surface area (Å²) in [6.45, 7) is 0. The predicted molar refractivity (Wildman–Crippen MR) is 85.2 cm³/mol. The molecular weight excluding hydrogens is 278 g/mol. The Balaban J connectivity index is 2.34. The van der Waals surface area contributed by atoms with Crippen molar-refractivity contribution in [3.8, 4) is 0 Å². The van der Waals surface area contributed by atoms with Gasteiger partial charge in [0.2, 0.25) is 0 Å². The third kappa shape index (κ3) is 2.31. The van der Waals surface area contributed by atoms with Gasteiger partial charge in [0.05, 0.1) is 0 Å². The second-order valence-electron chi connectivity index (χ2n) is 5.21. The second-order valence-corrected chi connectivity index (χ2v) is 5.21. The van der Waals surface area contributed by atoms with Crippen molar-refractivity contribution in [3.63, 3.8) is 0 Å². The maximum atomic E-state index is 14.4. The number of hydrogen-bond donors (Lipinski definition) is 0. The van der Waals surface area contributed by atoms with Crippen molar-refractivity contribution >= 4 is 0 Å². The highest BCUT2D eigenvalue weighted by Crippen LogP contribution is 2.43. The van der Waals surface area contributed by atoms with Gasteiger partial charge in [-0.15, -0.1) is 0 Å². The van der Waals surface area contributed by atoms with Gasteiger partial charge in [0, 0.05) is 0 Å². The van der Waals surface area contributed by atoms with Crippen LogP contribution in [0.5, 0.6) is 0 Å². The first kappa shape index (κ1) is 14.5. The molecule has 0 N–H and O–H groups in total. The quantitative estimate of drug-likeness (QED) is 0.574. The highest BCUT2D eigenvalue weighted by atomic mass is 19.3. The largest absolute Gasteiger partial charge is 0.256 e. The standard InChI is InChI=1S/C20H16F2/c21-19(22)20(16-10-4-1-5-11-16,17-12-6-2-7-13-17)18-14-8-3-9-15-18/h1-15,19H. The lowest BCUT2D eigenvalue weighted by molar-refractivity contribution is 0.0913. The van der Waals surface area contributed by atoms with Crippen LogP contribution in [-0.2, 0) is 5.41 Å². The minimum atomic E-state index is -2.56. The lowest BCUT2D eigenvalue weighted by Gasteiger charge is -2.35. The van der Waals surface area contributed by atoms with Crippen molar-refractivity contribution in [1.82, 2.24) is 0 Å². The Hall–Kier alpha value is -2.48. The molecule has 0 aliphatic heterocycles. The number of alkyl halides is 2. The van der Waals surface area contributed by atoms with E-state index in [1.807, 2.05) is 18.2 Å². The molecule has 0 heterocycles. The maximum Gasteiger partial charge on any atom is 0.256 e. The third-order valence-corrected chi connectivity index (χ3v) is 4.01. The predicted octanol–water partition coefficient (Wildman–Crippen LogP) is 5.29. The van der Waals surface area contributed by atoms with Gasteiger partial charge in [-0.25, -0.2) is 8.78 Å². The van der Waals surface area contributed by atoms with Crippen LogP contribution in [0, 0.1) is 0 Å². The number of hydrogen-bond acceptors (Lipinski definition) is 0. The minimum absolute atomic E-state index is 0.599. The number of benzene rings is 3. The second kappa shape index (κ2) is 6.10. The van der Waals surface area contributed by atoms with Crippen molar-refractivity contribution in [1.29, 1.82) is 0 Å². The molecule has 3 aromatic rings. The average molecular weight is 294 g/mol. The van der Waals surface area contributed by atoms with Gasteiger partial charge >= 0.3 is 0 Å². The summed E-state index contributed by atoms with van der Waals surface area (Å²) in [5, 5.41) is 0. The summed E-state index contributed by atoms with van der Waals surface area (Å²) >= 11 is 0. The van der Waals surface area contributed by atoms with E-state index >= 15 is 0 Å². The highest BCUT2D eigenvalue weighted by Gasteiger charge is 2.44. The van der Waals surface area contributed by atoms with Crippen LogP contribution < -0.4 is 0 Å². The molecule has 0 spiro atoms. The molecule has 0 saturated carbocycles. The van der Waals surface area contributed by atoms with Gasteiger partial charge in [-0.1, -0.05) is 91.0 Å². The fourth-order valence-electron chi connectivity index (χ4n) is 2.98. The normalized spacial score (nSPS) is 11.6. The van der Waals surface area contributed by atoms with Crippen LogP contribution in [0.1, 0.15) is 16.7 Å². The van der Waals surface area contributed by atoms with Crippen LogP contribution in [0.2, 0.25) is 0 Å². The lowest BCUT2D eigenvalue weighted by atomic mass is 9.69. The molecule has 0 aliphatic carbocycles. The van der Waals surface area contributed by atoms with Gasteiger partial charge < -0.3 is 0 Å². The van der Waals surface area contributed by atoms with E-state index in [2.05, 4.69) is 0 Å². The zero-order chi connectivity index (χ0) is 15.4. The summed E-state index contributed by atoms with van der Waals surface area (Å²) in [6.07, 6.45) is -2.56. The van der Waals surface area contributed by atoms with Crippen LogP contribution >= 0.6 is 0 Å². The molecule has 0 saturated heterocycles. The first-order valence-electron chi connectivity index (χ1n) is 7.21. The average Bonchev–Trinajstić information content (AvgIpc) is 2.58. The van der Waals surface area contributed by atoms with Gasteiger partial charge in [-0.05, 0) is 16.7 Å². The number of halogens is 2. The molecule has 0 atom stereocenters. The summed E-state index contributed by atoms with van der Waals surface area (Å²) in [5.74, 6) is 0. The fraction of sp³-hybridized carbons (Fsp3) is 0.100. The fourth-order valence-corrected chi connectivity index (χ4v) is 2.98. The van der Waals surface area contributed by atoms with E-state index in [-0.39, 0.29) is 0 Å². The Kier molecular flexibility index (Phi) is 4.01. The van der Waals surface area contributed by atoms with Gasteiger partial charge in [-0.3, -0.25) is 0 Å². The summed E-state index contributed by atoms with van der Waals surface area (Å²) in [6, 6.07) is 27.0. The van der Waals surface area contributed by atoms with Crippen LogP contribution in [0.4, 0.5) is 8.78 Å².